The van der Waals surface area contributed by atoms with Crippen molar-refractivity contribution < 1.29 is 19.4 Å². The Hall–Kier alpha value is -1.72. The smallest absolute Gasteiger partial charge is 0.328 e. The molecule has 1 aromatic rings. The second-order valence-corrected chi connectivity index (χ2v) is 2.99. The molecule has 86 valence electrons. The van der Waals surface area contributed by atoms with Crippen molar-refractivity contribution in [1.82, 2.24) is 4.98 Å². The Morgan fingerprint density at radius 3 is 2.56 bits per heavy atom. The summed E-state index contributed by atoms with van der Waals surface area (Å²) in [7, 11) is 3.07. The fourth-order valence-corrected chi connectivity index (χ4v) is 1.18. The van der Waals surface area contributed by atoms with Crippen molar-refractivity contribution in [3.63, 3.8) is 0 Å². The molecule has 16 heavy (non-hydrogen) atoms. The van der Waals surface area contributed by atoms with Crippen molar-refractivity contribution in [2.24, 2.45) is 0 Å². The van der Waals surface area contributed by atoms with E-state index in [0.717, 1.165) is 11.6 Å². The van der Waals surface area contributed by atoms with E-state index in [1.54, 1.807) is 18.3 Å². The Kier molecular flexibility index (Phi) is 4.63. The topological polar surface area (TPSA) is 68.7 Å². The molecule has 0 radical (unpaired) electrons. The van der Waals surface area contributed by atoms with Gasteiger partial charge in [0.05, 0.1) is 5.69 Å². The third kappa shape index (κ3) is 3.45. The minimum atomic E-state index is -1.00. The molecule has 1 heterocycles. The minimum absolute atomic E-state index is 0.454. The number of pyridine rings is 1. The van der Waals surface area contributed by atoms with Crippen LogP contribution in [0.1, 0.15) is 17.5 Å². The number of ether oxygens (including phenoxy) is 2. The zero-order valence-electron chi connectivity index (χ0n) is 9.08. The highest BCUT2D eigenvalue weighted by Crippen LogP contribution is 2.16. The summed E-state index contributed by atoms with van der Waals surface area (Å²) in [6, 6.07) is 3.46. The summed E-state index contributed by atoms with van der Waals surface area (Å²) in [5.74, 6) is -1.00. The van der Waals surface area contributed by atoms with Crippen LogP contribution in [0.25, 0.3) is 6.08 Å². The van der Waals surface area contributed by atoms with Crippen LogP contribution in [-0.2, 0) is 14.3 Å². The lowest BCUT2D eigenvalue weighted by molar-refractivity contribution is -0.131. The normalized spacial score (nSPS) is 11.2. The first-order valence-electron chi connectivity index (χ1n) is 4.60. The Morgan fingerprint density at radius 1 is 1.44 bits per heavy atom. The van der Waals surface area contributed by atoms with Crippen LogP contribution >= 0.6 is 0 Å². The molecule has 1 N–H and O–H groups in total. The highest BCUT2D eigenvalue weighted by Gasteiger charge is 2.08. The molecule has 0 fully saturated rings. The van der Waals surface area contributed by atoms with Gasteiger partial charge in [-0.1, -0.05) is 6.07 Å². The summed E-state index contributed by atoms with van der Waals surface area (Å²) in [5, 5.41) is 8.44. The van der Waals surface area contributed by atoms with Gasteiger partial charge in [0, 0.05) is 32.1 Å². The molecule has 1 aromatic heterocycles. The van der Waals surface area contributed by atoms with E-state index in [2.05, 4.69) is 4.98 Å². The van der Waals surface area contributed by atoms with Gasteiger partial charge in [-0.05, 0) is 12.1 Å². The number of hydrogen-bond donors (Lipinski definition) is 1. The first kappa shape index (κ1) is 12.4. The molecule has 5 nitrogen and oxygen atoms in total. The van der Waals surface area contributed by atoms with Gasteiger partial charge < -0.3 is 14.6 Å². The van der Waals surface area contributed by atoms with E-state index in [0.29, 0.717) is 5.69 Å². The number of hydrogen-bond acceptors (Lipinski definition) is 4. The molecule has 0 aliphatic carbocycles. The standard InChI is InChI=1S/C11H13NO4/c1-15-11(16-2)8-3-4-9(12-7-8)5-6-10(13)14/h3-7,11H,1-2H3,(H,13,14). The van der Waals surface area contributed by atoms with Crippen molar-refractivity contribution in [1.29, 1.82) is 0 Å². The molecule has 0 spiro atoms. The van der Waals surface area contributed by atoms with Crippen LogP contribution < -0.4 is 0 Å². The predicted octanol–water partition coefficient (Wildman–Crippen LogP) is 1.47. The van der Waals surface area contributed by atoms with Gasteiger partial charge in [-0.25, -0.2) is 4.79 Å². The molecular formula is C11H13NO4. The molecule has 0 unspecified atom stereocenters. The van der Waals surface area contributed by atoms with E-state index in [9.17, 15) is 4.79 Å². The zero-order chi connectivity index (χ0) is 12.0. The van der Waals surface area contributed by atoms with E-state index in [1.807, 2.05) is 0 Å². The molecule has 0 bridgehead atoms. The lowest BCUT2D eigenvalue weighted by Crippen LogP contribution is -2.04. The summed E-state index contributed by atoms with van der Waals surface area (Å²) in [4.78, 5) is 14.3. The third-order valence-corrected chi connectivity index (χ3v) is 1.91. The highest BCUT2D eigenvalue weighted by molar-refractivity contribution is 5.84. The van der Waals surface area contributed by atoms with Crippen molar-refractivity contribution >= 4 is 12.0 Å². The molecule has 5 heteroatoms. The maximum absolute atomic E-state index is 10.3. The van der Waals surface area contributed by atoms with Crippen LogP contribution in [0.4, 0.5) is 0 Å². The maximum atomic E-state index is 10.3. The zero-order valence-corrected chi connectivity index (χ0v) is 9.08. The maximum Gasteiger partial charge on any atom is 0.328 e. The molecule has 0 aliphatic heterocycles. The number of methoxy groups -OCH3 is 2. The summed E-state index contributed by atoms with van der Waals surface area (Å²) in [6.45, 7) is 0. The first-order chi connectivity index (χ1) is 7.67. The fourth-order valence-electron chi connectivity index (χ4n) is 1.18. The van der Waals surface area contributed by atoms with Crippen LogP contribution in [-0.4, -0.2) is 30.3 Å². The van der Waals surface area contributed by atoms with E-state index in [1.165, 1.54) is 20.3 Å². The fraction of sp³-hybridized carbons (Fsp3) is 0.273. The van der Waals surface area contributed by atoms with E-state index >= 15 is 0 Å². The Labute approximate surface area is 93.3 Å². The molecule has 0 amide bonds. The van der Waals surface area contributed by atoms with Gasteiger partial charge in [-0.3, -0.25) is 4.98 Å². The molecule has 1 rings (SSSR count). The second kappa shape index (κ2) is 5.99. The van der Waals surface area contributed by atoms with Gasteiger partial charge in [0.15, 0.2) is 6.29 Å². The molecule has 0 aliphatic rings. The average molecular weight is 223 g/mol. The van der Waals surface area contributed by atoms with Crippen LogP contribution in [0.3, 0.4) is 0 Å². The average Bonchev–Trinajstić information content (AvgIpc) is 2.29. The summed E-state index contributed by atoms with van der Waals surface area (Å²) >= 11 is 0. The van der Waals surface area contributed by atoms with Gasteiger partial charge in [0.2, 0.25) is 0 Å². The van der Waals surface area contributed by atoms with Gasteiger partial charge >= 0.3 is 5.97 Å². The number of carboxylic acids is 1. The van der Waals surface area contributed by atoms with E-state index < -0.39 is 12.3 Å². The first-order valence-corrected chi connectivity index (χ1v) is 4.60. The van der Waals surface area contributed by atoms with Gasteiger partial charge in [0.25, 0.3) is 0 Å². The highest BCUT2D eigenvalue weighted by atomic mass is 16.7. The van der Waals surface area contributed by atoms with Crippen LogP contribution in [0.15, 0.2) is 24.4 Å². The predicted molar refractivity (Wildman–Crippen MR) is 57.7 cm³/mol. The Morgan fingerprint density at radius 2 is 2.12 bits per heavy atom. The third-order valence-electron chi connectivity index (χ3n) is 1.91. The Balaban J connectivity index is 2.78. The lowest BCUT2D eigenvalue weighted by Gasteiger charge is -2.12. The number of carbonyl (C=O) groups is 1. The molecule has 0 atom stereocenters. The quantitative estimate of drug-likeness (QED) is 0.604. The van der Waals surface area contributed by atoms with Gasteiger partial charge in [-0.2, -0.15) is 0 Å². The molecule has 0 aromatic carbocycles. The molecule has 0 saturated heterocycles. The number of aliphatic carboxylic acids is 1. The summed E-state index contributed by atoms with van der Waals surface area (Å²) in [6.07, 6.45) is 3.58. The van der Waals surface area contributed by atoms with Crippen LogP contribution in [0.5, 0.6) is 0 Å². The summed E-state index contributed by atoms with van der Waals surface area (Å²) in [5.41, 5.74) is 1.34. The number of nitrogens with zero attached hydrogens (tertiary/aromatic N) is 1. The van der Waals surface area contributed by atoms with Crippen LogP contribution in [0, 0.1) is 0 Å². The largest absolute Gasteiger partial charge is 0.478 e. The summed E-state index contributed by atoms with van der Waals surface area (Å²) < 4.78 is 10.1. The molecule has 0 saturated carbocycles. The van der Waals surface area contributed by atoms with Crippen LogP contribution in [0.2, 0.25) is 0 Å². The van der Waals surface area contributed by atoms with Crippen molar-refractivity contribution in [2.75, 3.05) is 14.2 Å². The van der Waals surface area contributed by atoms with Gasteiger partial charge in [0.1, 0.15) is 0 Å². The number of rotatable bonds is 5. The molecular weight excluding hydrogens is 210 g/mol. The van der Waals surface area contributed by atoms with Crippen molar-refractivity contribution in [3.05, 3.63) is 35.7 Å². The number of aromatic nitrogens is 1. The SMILES string of the molecule is COC(OC)c1ccc(C=CC(=O)O)nc1. The number of carboxylic acid groups (broad SMARTS) is 1. The monoisotopic (exact) mass is 223 g/mol. The van der Waals surface area contributed by atoms with Crippen molar-refractivity contribution in [2.45, 2.75) is 6.29 Å². The minimum Gasteiger partial charge on any atom is -0.478 e. The van der Waals surface area contributed by atoms with E-state index in [4.69, 9.17) is 14.6 Å². The van der Waals surface area contributed by atoms with E-state index in [-0.39, 0.29) is 0 Å². The van der Waals surface area contributed by atoms with Gasteiger partial charge in [-0.15, -0.1) is 0 Å². The second-order valence-electron chi connectivity index (χ2n) is 2.99. The Bertz CT molecular complexity index is 368. The van der Waals surface area contributed by atoms with Crippen molar-refractivity contribution in [3.8, 4) is 0 Å². The lowest BCUT2D eigenvalue weighted by atomic mass is 10.2.